The van der Waals surface area contributed by atoms with E-state index in [4.69, 9.17) is 0 Å². The molecule has 1 heterocycles. The Kier molecular flexibility index (Phi) is 3.93. The molecule has 0 aliphatic carbocycles. The average molecular weight is 324 g/mol. The van der Waals surface area contributed by atoms with E-state index in [0.717, 1.165) is 16.8 Å². The van der Waals surface area contributed by atoms with Gasteiger partial charge in [0.15, 0.2) is 5.69 Å². The summed E-state index contributed by atoms with van der Waals surface area (Å²) in [5, 5.41) is 13.5. The number of carbonyl (C=O) groups is 1. The standard InChI is InChI=1S/C19H17FN2O2/c1-11-6-12(2)8-15(7-11)22-18(10-17(21-22)19(23)24)14-4-5-16(20)13(3)9-14/h4-10H,1-3H3,(H,23,24). The molecule has 0 aliphatic rings. The Bertz CT molecular complexity index is 924. The second-order valence-electron chi connectivity index (χ2n) is 5.94. The van der Waals surface area contributed by atoms with E-state index < -0.39 is 5.97 Å². The van der Waals surface area contributed by atoms with Crippen LogP contribution in [0, 0.1) is 26.6 Å². The maximum absolute atomic E-state index is 13.6. The van der Waals surface area contributed by atoms with Crippen LogP contribution >= 0.6 is 0 Å². The third kappa shape index (κ3) is 2.93. The lowest BCUT2D eigenvalue weighted by molar-refractivity contribution is 0.0690. The highest BCUT2D eigenvalue weighted by Crippen LogP contribution is 2.26. The predicted octanol–water partition coefficient (Wildman–Crippen LogP) is 4.30. The van der Waals surface area contributed by atoms with Crippen molar-refractivity contribution in [3.8, 4) is 16.9 Å². The molecule has 24 heavy (non-hydrogen) atoms. The van der Waals surface area contributed by atoms with Crippen LogP contribution < -0.4 is 0 Å². The van der Waals surface area contributed by atoms with Crippen LogP contribution in [0.3, 0.4) is 0 Å². The molecule has 4 nitrogen and oxygen atoms in total. The van der Waals surface area contributed by atoms with Crippen molar-refractivity contribution >= 4 is 5.97 Å². The normalized spacial score (nSPS) is 10.8. The minimum Gasteiger partial charge on any atom is -0.476 e. The van der Waals surface area contributed by atoms with E-state index in [1.165, 1.54) is 12.1 Å². The zero-order valence-corrected chi connectivity index (χ0v) is 13.7. The predicted molar refractivity (Wildman–Crippen MR) is 90.1 cm³/mol. The molecule has 122 valence electrons. The van der Waals surface area contributed by atoms with Crippen molar-refractivity contribution < 1.29 is 14.3 Å². The summed E-state index contributed by atoms with van der Waals surface area (Å²) in [6.45, 7) is 5.62. The fourth-order valence-electron chi connectivity index (χ4n) is 2.77. The molecule has 1 N–H and O–H groups in total. The molecule has 0 saturated heterocycles. The Balaban J connectivity index is 2.24. The van der Waals surface area contributed by atoms with E-state index in [1.54, 1.807) is 23.7 Å². The number of benzene rings is 2. The molecule has 3 aromatic rings. The van der Waals surface area contributed by atoms with E-state index >= 15 is 0 Å². The summed E-state index contributed by atoms with van der Waals surface area (Å²) in [6, 6.07) is 12.1. The number of carboxylic acid groups (broad SMARTS) is 1. The molecule has 0 saturated carbocycles. The maximum atomic E-state index is 13.6. The van der Waals surface area contributed by atoms with Crippen molar-refractivity contribution in [1.29, 1.82) is 0 Å². The van der Waals surface area contributed by atoms with Crippen LogP contribution in [0.1, 0.15) is 27.2 Å². The Morgan fingerprint density at radius 2 is 1.71 bits per heavy atom. The van der Waals surface area contributed by atoms with Crippen molar-refractivity contribution in [3.05, 3.63) is 70.7 Å². The minimum atomic E-state index is -1.10. The first-order valence-electron chi connectivity index (χ1n) is 7.53. The van der Waals surface area contributed by atoms with Crippen LogP contribution in [0.5, 0.6) is 0 Å². The molecular formula is C19H17FN2O2. The van der Waals surface area contributed by atoms with Crippen molar-refractivity contribution in [2.75, 3.05) is 0 Å². The first kappa shape index (κ1) is 15.9. The largest absolute Gasteiger partial charge is 0.476 e. The summed E-state index contributed by atoms with van der Waals surface area (Å²) in [5.74, 6) is -1.40. The second-order valence-corrected chi connectivity index (χ2v) is 5.94. The van der Waals surface area contributed by atoms with Gasteiger partial charge in [0.1, 0.15) is 5.82 Å². The molecular weight excluding hydrogens is 307 g/mol. The van der Waals surface area contributed by atoms with Gasteiger partial charge in [-0.2, -0.15) is 5.10 Å². The fourth-order valence-corrected chi connectivity index (χ4v) is 2.77. The summed E-state index contributed by atoms with van der Waals surface area (Å²) in [7, 11) is 0. The molecule has 0 aliphatic heterocycles. The number of nitrogens with zero attached hydrogens (tertiary/aromatic N) is 2. The molecule has 1 aromatic heterocycles. The number of carboxylic acids is 1. The van der Waals surface area contributed by atoms with Crippen LogP contribution in [0.25, 0.3) is 16.9 Å². The fraction of sp³-hybridized carbons (Fsp3) is 0.158. The zero-order chi connectivity index (χ0) is 17.4. The molecule has 0 bridgehead atoms. The smallest absolute Gasteiger partial charge is 0.356 e. The number of aromatic nitrogens is 2. The van der Waals surface area contributed by atoms with E-state index in [0.29, 0.717) is 16.8 Å². The van der Waals surface area contributed by atoms with Gasteiger partial charge < -0.3 is 5.11 Å². The van der Waals surface area contributed by atoms with Gasteiger partial charge >= 0.3 is 5.97 Å². The van der Waals surface area contributed by atoms with Crippen LogP contribution in [0.15, 0.2) is 42.5 Å². The van der Waals surface area contributed by atoms with E-state index in [2.05, 4.69) is 5.10 Å². The van der Waals surface area contributed by atoms with Gasteiger partial charge in [-0.15, -0.1) is 0 Å². The maximum Gasteiger partial charge on any atom is 0.356 e. The molecule has 0 spiro atoms. The zero-order valence-electron chi connectivity index (χ0n) is 13.7. The van der Waals surface area contributed by atoms with Crippen molar-refractivity contribution in [3.63, 3.8) is 0 Å². The average Bonchev–Trinajstić information content (AvgIpc) is 2.94. The Morgan fingerprint density at radius 3 is 2.29 bits per heavy atom. The minimum absolute atomic E-state index is 0.0499. The Hall–Kier alpha value is -2.95. The lowest BCUT2D eigenvalue weighted by Gasteiger charge is -2.10. The quantitative estimate of drug-likeness (QED) is 0.781. The summed E-state index contributed by atoms with van der Waals surface area (Å²) < 4.78 is 15.2. The summed E-state index contributed by atoms with van der Waals surface area (Å²) in [6.07, 6.45) is 0. The molecule has 0 atom stereocenters. The number of halogens is 1. The van der Waals surface area contributed by atoms with Gasteiger partial charge in [0.25, 0.3) is 0 Å². The molecule has 5 heteroatoms. The van der Waals surface area contributed by atoms with Gasteiger partial charge in [-0.3, -0.25) is 0 Å². The monoisotopic (exact) mass is 324 g/mol. The highest BCUT2D eigenvalue weighted by molar-refractivity contribution is 5.87. The van der Waals surface area contributed by atoms with Gasteiger partial charge in [0.2, 0.25) is 0 Å². The van der Waals surface area contributed by atoms with Gasteiger partial charge in [-0.25, -0.2) is 13.9 Å². The van der Waals surface area contributed by atoms with Gasteiger partial charge in [0.05, 0.1) is 11.4 Å². The van der Waals surface area contributed by atoms with Gasteiger partial charge in [0, 0.05) is 5.56 Å². The number of rotatable bonds is 3. The molecule has 0 unspecified atom stereocenters. The molecule has 2 aromatic carbocycles. The third-order valence-corrected chi connectivity index (χ3v) is 3.83. The lowest BCUT2D eigenvalue weighted by Crippen LogP contribution is -2.03. The van der Waals surface area contributed by atoms with E-state index in [1.807, 2.05) is 32.0 Å². The van der Waals surface area contributed by atoms with Gasteiger partial charge in [-0.1, -0.05) is 6.07 Å². The molecule has 0 radical (unpaired) electrons. The van der Waals surface area contributed by atoms with E-state index in [-0.39, 0.29) is 11.5 Å². The molecule has 0 fully saturated rings. The molecule has 3 rings (SSSR count). The van der Waals surface area contributed by atoms with Crippen LogP contribution in [-0.2, 0) is 0 Å². The number of hydrogen-bond donors (Lipinski definition) is 1. The highest BCUT2D eigenvalue weighted by atomic mass is 19.1. The van der Waals surface area contributed by atoms with E-state index in [9.17, 15) is 14.3 Å². The molecule has 0 amide bonds. The van der Waals surface area contributed by atoms with Crippen LogP contribution in [0.4, 0.5) is 4.39 Å². The topological polar surface area (TPSA) is 55.1 Å². The summed E-state index contributed by atoms with van der Waals surface area (Å²) >= 11 is 0. The van der Waals surface area contributed by atoms with Crippen molar-refractivity contribution in [2.24, 2.45) is 0 Å². The first-order chi connectivity index (χ1) is 11.3. The van der Waals surface area contributed by atoms with Gasteiger partial charge in [-0.05, 0) is 73.9 Å². The third-order valence-electron chi connectivity index (χ3n) is 3.83. The van der Waals surface area contributed by atoms with Crippen molar-refractivity contribution in [1.82, 2.24) is 9.78 Å². The lowest BCUT2D eigenvalue weighted by atomic mass is 10.1. The number of aromatic carboxylic acids is 1. The van der Waals surface area contributed by atoms with Crippen molar-refractivity contribution in [2.45, 2.75) is 20.8 Å². The number of aryl methyl sites for hydroxylation is 3. The summed E-state index contributed by atoms with van der Waals surface area (Å²) in [4.78, 5) is 11.3. The highest BCUT2D eigenvalue weighted by Gasteiger charge is 2.17. The Morgan fingerprint density at radius 1 is 1.04 bits per heavy atom. The van der Waals surface area contributed by atoms with Crippen LogP contribution in [-0.4, -0.2) is 20.9 Å². The summed E-state index contributed by atoms with van der Waals surface area (Å²) in [5.41, 5.74) is 4.66. The first-order valence-corrected chi connectivity index (χ1v) is 7.53. The van der Waals surface area contributed by atoms with Crippen LogP contribution in [0.2, 0.25) is 0 Å². The SMILES string of the molecule is Cc1cc(C)cc(-n2nc(C(=O)O)cc2-c2ccc(F)c(C)c2)c1. The Labute approximate surface area is 139 Å². The second kappa shape index (κ2) is 5.92. The number of hydrogen-bond acceptors (Lipinski definition) is 2.